The van der Waals surface area contributed by atoms with Crippen LogP contribution in [-0.4, -0.2) is 25.3 Å². The second-order valence-corrected chi connectivity index (χ2v) is 4.87. The lowest BCUT2D eigenvalue weighted by molar-refractivity contribution is 0.0163. The van der Waals surface area contributed by atoms with Gasteiger partial charge in [0.25, 0.3) is 0 Å². The van der Waals surface area contributed by atoms with Crippen LogP contribution in [0.1, 0.15) is 23.2 Å². The van der Waals surface area contributed by atoms with Crippen LogP contribution in [0.25, 0.3) is 10.8 Å². The monoisotopic (exact) mass is 274 g/mol. The second-order valence-electron chi connectivity index (χ2n) is 4.87. The standard InChI is InChI=1S/C16H15FO3/c17-15-8-7-14(12-5-1-2-6-13(12)15)16(18)20-10-11-4-3-9-19-11/h1-2,5-8,11H,3-4,9-10H2. The topological polar surface area (TPSA) is 35.5 Å². The highest BCUT2D eigenvalue weighted by Gasteiger charge is 2.19. The average molecular weight is 274 g/mol. The van der Waals surface area contributed by atoms with Gasteiger partial charge in [-0.15, -0.1) is 0 Å². The van der Waals surface area contributed by atoms with Crippen LogP contribution in [0.3, 0.4) is 0 Å². The van der Waals surface area contributed by atoms with Gasteiger partial charge in [-0.25, -0.2) is 9.18 Å². The third-order valence-electron chi connectivity index (χ3n) is 3.52. The highest BCUT2D eigenvalue weighted by atomic mass is 19.1. The van der Waals surface area contributed by atoms with Crippen LogP contribution in [-0.2, 0) is 9.47 Å². The first kappa shape index (κ1) is 13.1. The van der Waals surface area contributed by atoms with Gasteiger partial charge in [0.2, 0.25) is 0 Å². The summed E-state index contributed by atoms with van der Waals surface area (Å²) in [6, 6.07) is 9.66. The molecule has 3 nitrogen and oxygen atoms in total. The average Bonchev–Trinajstić information content (AvgIpc) is 2.99. The van der Waals surface area contributed by atoms with Gasteiger partial charge in [0.1, 0.15) is 12.4 Å². The first-order valence-corrected chi connectivity index (χ1v) is 6.71. The molecule has 20 heavy (non-hydrogen) atoms. The van der Waals surface area contributed by atoms with Gasteiger partial charge in [0, 0.05) is 12.0 Å². The number of halogens is 1. The van der Waals surface area contributed by atoms with Crippen LogP contribution in [0.4, 0.5) is 4.39 Å². The Morgan fingerprint density at radius 3 is 2.80 bits per heavy atom. The van der Waals surface area contributed by atoms with E-state index in [1.54, 1.807) is 24.3 Å². The molecule has 1 aliphatic heterocycles. The molecule has 0 amide bonds. The van der Waals surface area contributed by atoms with E-state index in [0.29, 0.717) is 16.3 Å². The second kappa shape index (κ2) is 5.59. The molecule has 1 aliphatic rings. The number of ether oxygens (including phenoxy) is 2. The van der Waals surface area contributed by atoms with E-state index in [1.165, 1.54) is 12.1 Å². The molecule has 3 rings (SSSR count). The minimum absolute atomic E-state index is 0.00865. The molecular weight excluding hydrogens is 259 g/mol. The summed E-state index contributed by atoms with van der Waals surface area (Å²) < 4.78 is 24.4. The van der Waals surface area contributed by atoms with Crippen molar-refractivity contribution in [3.8, 4) is 0 Å². The van der Waals surface area contributed by atoms with Crippen molar-refractivity contribution < 1.29 is 18.7 Å². The van der Waals surface area contributed by atoms with Crippen molar-refractivity contribution in [3.05, 3.63) is 47.8 Å². The number of hydrogen-bond acceptors (Lipinski definition) is 3. The minimum atomic E-state index is -0.434. The molecule has 0 aromatic heterocycles. The molecule has 1 saturated heterocycles. The van der Waals surface area contributed by atoms with E-state index in [4.69, 9.17) is 9.47 Å². The lowest BCUT2D eigenvalue weighted by Crippen LogP contribution is -2.18. The first-order chi connectivity index (χ1) is 9.75. The fourth-order valence-electron chi connectivity index (χ4n) is 2.46. The SMILES string of the molecule is O=C(OCC1CCCO1)c1ccc(F)c2ccccc12. The summed E-state index contributed by atoms with van der Waals surface area (Å²) >= 11 is 0. The van der Waals surface area contributed by atoms with Crippen LogP contribution in [0.2, 0.25) is 0 Å². The molecule has 104 valence electrons. The maximum absolute atomic E-state index is 13.7. The Morgan fingerprint density at radius 1 is 1.25 bits per heavy atom. The summed E-state index contributed by atoms with van der Waals surface area (Å²) in [6.45, 7) is 0.978. The molecule has 0 spiro atoms. The van der Waals surface area contributed by atoms with Crippen molar-refractivity contribution in [2.45, 2.75) is 18.9 Å². The first-order valence-electron chi connectivity index (χ1n) is 6.71. The maximum Gasteiger partial charge on any atom is 0.338 e. The molecule has 0 radical (unpaired) electrons. The Labute approximate surface area is 116 Å². The Morgan fingerprint density at radius 2 is 2.05 bits per heavy atom. The van der Waals surface area contributed by atoms with Crippen LogP contribution < -0.4 is 0 Å². The Balaban J connectivity index is 1.82. The Kier molecular flexibility index (Phi) is 3.65. The van der Waals surface area contributed by atoms with Crippen molar-refractivity contribution in [1.29, 1.82) is 0 Å². The third-order valence-corrected chi connectivity index (χ3v) is 3.52. The number of fused-ring (bicyclic) bond motifs is 1. The smallest absolute Gasteiger partial charge is 0.338 e. The molecule has 1 atom stereocenters. The lowest BCUT2D eigenvalue weighted by Gasteiger charge is -2.11. The van der Waals surface area contributed by atoms with Crippen LogP contribution in [0, 0.1) is 5.82 Å². The highest BCUT2D eigenvalue weighted by Crippen LogP contribution is 2.23. The minimum Gasteiger partial charge on any atom is -0.459 e. The van der Waals surface area contributed by atoms with Gasteiger partial charge in [-0.05, 0) is 30.4 Å². The molecule has 1 fully saturated rings. The number of esters is 1. The van der Waals surface area contributed by atoms with Crippen molar-refractivity contribution in [2.24, 2.45) is 0 Å². The van der Waals surface area contributed by atoms with Gasteiger partial charge in [-0.1, -0.05) is 24.3 Å². The zero-order valence-electron chi connectivity index (χ0n) is 11.0. The van der Waals surface area contributed by atoms with Crippen molar-refractivity contribution in [2.75, 3.05) is 13.2 Å². The van der Waals surface area contributed by atoms with Crippen LogP contribution in [0.15, 0.2) is 36.4 Å². The number of carbonyl (C=O) groups is 1. The number of hydrogen-bond donors (Lipinski definition) is 0. The zero-order chi connectivity index (χ0) is 13.9. The van der Waals surface area contributed by atoms with Gasteiger partial charge in [-0.3, -0.25) is 0 Å². The predicted octanol–water partition coefficient (Wildman–Crippen LogP) is 3.31. The lowest BCUT2D eigenvalue weighted by atomic mass is 10.0. The van der Waals surface area contributed by atoms with Gasteiger partial charge < -0.3 is 9.47 Å². The van der Waals surface area contributed by atoms with E-state index < -0.39 is 5.97 Å². The van der Waals surface area contributed by atoms with Gasteiger partial charge in [0.05, 0.1) is 11.7 Å². The van der Waals surface area contributed by atoms with Crippen molar-refractivity contribution >= 4 is 16.7 Å². The molecule has 1 unspecified atom stereocenters. The van der Waals surface area contributed by atoms with E-state index >= 15 is 0 Å². The molecule has 0 saturated carbocycles. The fraction of sp³-hybridized carbons (Fsp3) is 0.312. The number of rotatable bonds is 3. The summed E-state index contributed by atoms with van der Waals surface area (Å²) in [5.41, 5.74) is 0.389. The van der Waals surface area contributed by atoms with Crippen molar-refractivity contribution in [1.82, 2.24) is 0 Å². The summed E-state index contributed by atoms with van der Waals surface area (Å²) in [5.74, 6) is -0.770. The van der Waals surface area contributed by atoms with E-state index in [1.807, 2.05) is 0 Å². The molecule has 0 aliphatic carbocycles. The van der Waals surface area contributed by atoms with Crippen molar-refractivity contribution in [3.63, 3.8) is 0 Å². The van der Waals surface area contributed by atoms with E-state index in [2.05, 4.69) is 0 Å². The van der Waals surface area contributed by atoms with Crippen LogP contribution >= 0.6 is 0 Å². The predicted molar refractivity (Wildman–Crippen MR) is 73.2 cm³/mol. The Hall–Kier alpha value is -1.94. The van der Waals surface area contributed by atoms with E-state index in [-0.39, 0.29) is 18.5 Å². The summed E-state index contributed by atoms with van der Waals surface area (Å²) in [5, 5.41) is 1.00. The van der Waals surface area contributed by atoms with E-state index in [9.17, 15) is 9.18 Å². The quantitative estimate of drug-likeness (QED) is 0.805. The molecule has 2 aromatic carbocycles. The molecule has 0 N–H and O–H groups in total. The fourth-order valence-corrected chi connectivity index (χ4v) is 2.46. The van der Waals surface area contributed by atoms with E-state index in [0.717, 1.165) is 19.4 Å². The number of benzene rings is 2. The Bertz CT molecular complexity index is 633. The van der Waals surface area contributed by atoms with Gasteiger partial charge in [-0.2, -0.15) is 0 Å². The normalized spacial score (nSPS) is 18.4. The summed E-state index contributed by atoms with van der Waals surface area (Å²) in [6.07, 6.45) is 1.91. The van der Waals surface area contributed by atoms with Gasteiger partial charge in [0.15, 0.2) is 0 Å². The zero-order valence-corrected chi connectivity index (χ0v) is 11.0. The van der Waals surface area contributed by atoms with Gasteiger partial charge >= 0.3 is 5.97 Å². The molecule has 4 heteroatoms. The number of carbonyl (C=O) groups excluding carboxylic acids is 1. The molecule has 0 bridgehead atoms. The molecule has 1 heterocycles. The third kappa shape index (κ3) is 2.51. The highest BCUT2D eigenvalue weighted by molar-refractivity contribution is 6.04. The maximum atomic E-state index is 13.7. The molecule has 2 aromatic rings. The summed E-state index contributed by atoms with van der Waals surface area (Å²) in [4.78, 5) is 12.1. The summed E-state index contributed by atoms with van der Waals surface area (Å²) in [7, 11) is 0. The largest absolute Gasteiger partial charge is 0.459 e. The molecular formula is C16H15FO3. The van der Waals surface area contributed by atoms with Crippen LogP contribution in [0.5, 0.6) is 0 Å².